The summed E-state index contributed by atoms with van der Waals surface area (Å²) >= 11 is 0. The lowest BCUT2D eigenvalue weighted by molar-refractivity contribution is -0.139. The molecule has 0 aromatic carbocycles. The van der Waals surface area contributed by atoms with Gasteiger partial charge in [-0.05, 0) is 40.5 Å². The number of aryl methyl sites for hydroxylation is 1. The first-order valence-corrected chi connectivity index (χ1v) is 7.60. The van der Waals surface area contributed by atoms with Gasteiger partial charge in [0.1, 0.15) is 5.82 Å². The van der Waals surface area contributed by atoms with Gasteiger partial charge in [-0.2, -0.15) is 0 Å². The average molecular weight is 290 g/mol. The van der Waals surface area contributed by atoms with E-state index in [1.807, 2.05) is 18.9 Å². The first-order chi connectivity index (χ1) is 9.79. The van der Waals surface area contributed by atoms with Crippen LogP contribution in [0.1, 0.15) is 39.3 Å². The van der Waals surface area contributed by atoms with Crippen LogP contribution in [0.4, 0.5) is 5.82 Å². The number of aromatic nitrogens is 2. The lowest BCUT2D eigenvalue weighted by Gasteiger charge is -2.38. The van der Waals surface area contributed by atoms with Crippen LogP contribution in [0, 0.1) is 12.8 Å². The zero-order valence-corrected chi connectivity index (χ0v) is 13.8. The van der Waals surface area contributed by atoms with Crippen LogP contribution < -0.4 is 4.90 Å². The molecule has 5 heteroatoms. The number of nitrogens with zero attached hydrogens (tertiary/aromatic N) is 4. The molecule has 0 spiro atoms. The van der Waals surface area contributed by atoms with Gasteiger partial charge < -0.3 is 9.80 Å². The molecule has 0 atom stereocenters. The third-order valence-corrected chi connectivity index (χ3v) is 4.25. The Hall–Kier alpha value is -1.65. The van der Waals surface area contributed by atoms with E-state index >= 15 is 0 Å². The van der Waals surface area contributed by atoms with Gasteiger partial charge in [0.15, 0.2) is 0 Å². The van der Waals surface area contributed by atoms with E-state index in [0.29, 0.717) is 0 Å². The fraction of sp³-hybridized carbons (Fsp3) is 0.688. The van der Waals surface area contributed by atoms with Crippen molar-refractivity contribution in [3.05, 3.63) is 18.1 Å². The molecule has 116 valence electrons. The van der Waals surface area contributed by atoms with Crippen LogP contribution in [0.15, 0.2) is 12.4 Å². The Morgan fingerprint density at radius 3 is 2.43 bits per heavy atom. The molecule has 2 heterocycles. The molecule has 0 radical (unpaired) electrons. The zero-order valence-electron chi connectivity index (χ0n) is 13.8. The Morgan fingerprint density at radius 2 is 1.90 bits per heavy atom. The van der Waals surface area contributed by atoms with Crippen LogP contribution in [0.25, 0.3) is 0 Å². The Kier molecular flexibility index (Phi) is 4.49. The molecule has 0 bridgehead atoms. The van der Waals surface area contributed by atoms with Crippen LogP contribution in [0.2, 0.25) is 0 Å². The molecule has 1 amide bonds. The van der Waals surface area contributed by atoms with Crippen molar-refractivity contribution < 1.29 is 4.79 Å². The SMILES string of the molecule is Cc1cncc(N2CCC(C(=O)N(C)C(C)(C)C)CC2)n1. The number of hydrogen-bond donors (Lipinski definition) is 0. The maximum absolute atomic E-state index is 12.5. The van der Waals surface area contributed by atoms with E-state index in [9.17, 15) is 4.79 Å². The number of anilines is 1. The molecule has 21 heavy (non-hydrogen) atoms. The summed E-state index contributed by atoms with van der Waals surface area (Å²) in [5.41, 5.74) is 0.814. The van der Waals surface area contributed by atoms with Gasteiger partial charge in [0.05, 0.1) is 11.9 Å². The molecule has 2 rings (SSSR count). The summed E-state index contributed by atoms with van der Waals surface area (Å²) in [6, 6.07) is 0. The van der Waals surface area contributed by atoms with Crippen LogP contribution in [-0.2, 0) is 4.79 Å². The maximum atomic E-state index is 12.5. The fourth-order valence-electron chi connectivity index (χ4n) is 2.56. The number of hydrogen-bond acceptors (Lipinski definition) is 4. The second-order valence-electron chi connectivity index (χ2n) is 6.85. The predicted molar refractivity (Wildman–Crippen MR) is 84.2 cm³/mol. The average Bonchev–Trinajstić information content (AvgIpc) is 2.45. The van der Waals surface area contributed by atoms with Crippen molar-refractivity contribution in [3.63, 3.8) is 0 Å². The van der Waals surface area contributed by atoms with E-state index in [0.717, 1.165) is 37.4 Å². The largest absolute Gasteiger partial charge is 0.355 e. The Labute approximate surface area is 127 Å². The van der Waals surface area contributed by atoms with Gasteiger partial charge in [-0.25, -0.2) is 4.98 Å². The standard InChI is InChI=1S/C16H26N4O/c1-12-10-17-11-14(18-12)20-8-6-13(7-9-20)15(21)19(5)16(2,3)4/h10-11,13H,6-9H2,1-5H3. The topological polar surface area (TPSA) is 49.3 Å². The van der Waals surface area contributed by atoms with Crippen LogP contribution in [0.5, 0.6) is 0 Å². The van der Waals surface area contributed by atoms with Crippen molar-refractivity contribution in [3.8, 4) is 0 Å². The second kappa shape index (κ2) is 6.00. The van der Waals surface area contributed by atoms with Gasteiger partial charge >= 0.3 is 0 Å². The molecule has 1 aromatic rings. The third-order valence-electron chi connectivity index (χ3n) is 4.25. The summed E-state index contributed by atoms with van der Waals surface area (Å²) in [5, 5.41) is 0. The van der Waals surface area contributed by atoms with E-state index in [1.165, 1.54) is 0 Å². The summed E-state index contributed by atoms with van der Waals surface area (Å²) in [4.78, 5) is 25.3. The predicted octanol–water partition coefficient (Wildman–Crippen LogP) is 2.26. The number of amides is 1. The van der Waals surface area contributed by atoms with E-state index in [-0.39, 0.29) is 17.4 Å². The minimum Gasteiger partial charge on any atom is -0.355 e. The van der Waals surface area contributed by atoms with Gasteiger partial charge in [-0.3, -0.25) is 9.78 Å². The number of carbonyl (C=O) groups excluding carboxylic acids is 1. The first kappa shape index (κ1) is 15.7. The van der Waals surface area contributed by atoms with E-state index in [4.69, 9.17) is 0 Å². The summed E-state index contributed by atoms with van der Waals surface area (Å²) in [6.45, 7) is 9.90. The highest BCUT2D eigenvalue weighted by Crippen LogP contribution is 2.25. The monoisotopic (exact) mass is 290 g/mol. The Bertz CT molecular complexity index is 501. The van der Waals surface area contributed by atoms with E-state index < -0.39 is 0 Å². The second-order valence-corrected chi connectivity index (χ2v) is 6.85. The van der Waals surface area contributed by atoms with Crippen molar-refractivity contribution in [1.82, 2.24) is 14.9 Å². The fourth-order valence-corrected chi connectivity index (χ4v) is 2.56. The van der Waals surface area contributed by atoms with Gasteiger partial charge in [-0.15, -0.1) is 0 Å². The number of piperidine rings is 1. The highest BCUT2D eigenvalue weighted by molar-refractivity contribution is 5.79. The van der Waals surface area contributed by atoms with Crippen molar-refractivity contribution in [2.24, 2.45) is 5.92 Å². The molecule has 1 aromatic heterocycles. The highest BCUT2D eigenvalue weighted by atomic mass is 16.2. The first-order valence-electron chi connectivity index (χ1n) is 7.60. The van der Waals surface area contributed by atoms with Gasteiger partial charge in [-0.1, -0.05) is 0 Å². The molecular weight excluding hydrogens is 264 g/mol. The van der Waals surface area contributed by atoms with E-state index in [1.54, 1.807) is 12.4 Å². The minimum atomic E-state index is -0.115. The molecule has 0 aliphatic carbocycles. The van der Waals surface area contributed by atoms with Gasteiger partial charge in [0.2, 0.25) is 5.91 Å². The van der Waals surface area contributed by atoms with Crippen LogP contribution in [0.3, 0.4) is 0 Å². The Morgan fingerprint density at radius 1 is 1.29 bits per heavy atom. The van der Waals surface area contributed by atoms with Crippen LogP contribution >= 0.6 is 0 Å². The van der Waals surface area contributed by atoms with Crippen molar-refractivity contribution in [2.45, 2.75) is 46.1 Å². The molecule has 1 fully saturated rings. The highest BCUT2D eigenvalue weighted by Gasteiger charge is 2.31. The van der Waals surface area contributed by atoms with Crippen LogP contribution in [-0.4, -0.2) is 46.5 Å². The molecule has 0 saturated carbocycles. The molecule has 5 nitrogen and oxygen atoms in total. The smallest absolute Gasteiger partial charge is 0.225 e. The quantitative estimate of drug-likeness (QED) is 0.838. The van der Waals surface area contributed by atoms with Crippen molar-refractivity contribution >= 4 is 11.7 Å². The normalized spacial score (nSPS) is 16.9. The summed E-state index contributed by atoms with van der Waals surface area (Å²) < 4.78 is 0. The van der Waals surface area contributed by atoms with Crippen molar-refractivity contribution in [1.29, 1.82) is 0 Å². The Balaban J connectivity index is 1.96. The third kappa shape index (κ3) is 3.71. The summed E-state index contributed by atoms with van der Waals surface area (Å²) in [7, 11) is 1.90. The molecule has 0 unspecified atom stereocenters. The van der Waals surface area contributed by atoms with E-state index in [2.05, 4.69) is 35.6 Å². The van der Waals surface area contributed by atoms with Gasteiger partial charge in [0.25, 0.3) is 0 Å². The van der Waals surface area contributed by atoms with Gasteiger partial charge in [0, 0.05) is 37.8 Å². The van der Waals surface area contributed by atoms with Crippen molar-refractivity contribution in [2.75, 3.05) is 25.0 Å². The molecular formula is C16H26N4O. The summed E-state index contributed by atoms with van der Waals surface area (Å²) in [6.07, 6.45) is 5.33. The lowest BCUT2D eigenvalue weighted by atomic mass is 9.93. The molecule has 1 aliphatic heterocycles. The molecule has 0 N–H and O–H groups in total. The minimum absolute atomic E-state index is 0.115. The number of rotatable bonds is 2. The lowest BCUT2D eigenvalue weighted by Crippen LogP contribution is -2.48. The molecule has 1 aliphatic rings. The maximum Gasteiger partial charge on any atom is 0.225 e. The molecule has 1 saturated heterocycles. The summed E-state index contributed by atoms with van der Waals surface area (Å²) in [5.74, 6) is 1.31. The number of carbonyl (C=O) groups is 1. The zero-order chi connectivity index (χ0) is 15.6.